The number of alkyl halides is 3. The minimum absolute atomic E-state index is 0.137. The Hall–Kier alpha value is -3.17. The Bertz CT molecular complexity index is 1000. The Morgan fingerprint density at radius 3 is 2.60 bits per heavy atom. The van der Waals surface area contributed by atoms with Crippen molar-refractivity contribution in [3.05, 3.63) is 46.6 Å². The number of rotatable bonds is 3. The first-order valence-corrected chi connectivity index (χ1v) is 7.04. The standard InChI is InChI=1S/C15H12F3N5O2/c1-19-12-9-3-4-10(15(16,17)18)21-13(9)23(14(24)22-12)8-5-6-20-11(7-8)25-2/h3-7H,1-2H3,(H,19,22,24). The van der Waals surface area contributed by atoms with E-state index >= 15 is 0 Å². The number of anilines is 1. The zero-order valence-corrected chi connectivity index (χ0v) is 13.1. The summed E-state index contributed by atoms with van der Waals surface area (Å²) in [5.74, 6) is 0.334. The highest BCUT2D eigenvalue weighted by atomic mass is 19.4. The fraction of sp³-hybridized carbons (Fsp3) is 0.200. The molecular weight excluding hydrogens is 339 g/mol. The van der Waals surface area contributed by atoms with Crippen LogP contribution in [0.15, 0.2) is 35.3 Å². The van der Waals surface area contributed by atoms with E-state index in [0.717, 1.165) is 10.6 Å². The molecule has 10 heteroatoms. The van der Waals surface area contributed by atoms with E-state index in [2.05, 4.69) is 20.3 Å². The molecule has 0 aliphatic carbocycles. The van der Waals surface area contributed by atoms with Crippen LogP contribution in [0.25, 0.3) is 16.7 Å². The molecule has 0 unspecified atom stereocenters. The van der Waals surface area contributed by atoms with E-state index < -0.39 is 17.6 Å². The summed E-state index contributed by atoms with van der Waals surface area (Å²) < 4.78 is 45.1. The molecule has 130 valence electrons. The summed E-state index contributed by atoms with van der Waals surface area (Å²) in [6, 6.07) is 4.92. The number of aromatic nitrogens is 4. The summed E-state index contributed by atoms with van der Waals surface area (Å²) in [7, 11) is 2.90. The van der Waals surface area contributed by atoms with Crippen molar-refractivity contribution in [2.45, 2.75) is 6.18 Å². The lowest BCUT2D eigenvalue weighted by Crippen LogP contribution is -2.24. The maximum atomic E-state index is 13.0. The van der Waals surface area contributed by atoms with Crippen LogP contribution in [0.1, 0.15) is 5.69 Å². The highest BCUT2D eigenvalue weighted by Crippen LogP contribution is 2.30. The van der Waals surface area contributed by atoms with Gasteiger partial charge < -0.3 is 10.1 Å². The number of hydrogen-bond acceptors (Lipinski definition) is 6. The summed E-state index contributed by atoms with van der Waals surface area (Å²) in [5.41, 5.74) is -1.82. The average Bonchev–Trinajstić information content (AvgIpc) is 2.59. The van der Waals surface area contributed by atoms with E-state index in [1.807, 2.05) is 0 Å². The largest absolute Gasteiger partial charge is 0.481 e. The quantitative estimate of drug-likeness (QED) is 0.779. The highest BCUT2D eigenvalue weighted by molar-refractivity contribution is 5.87. The number of nitrogens with one attached hydrogen (secondary N) is 1. The number of nitrogens with zero attached hydrogens (tertiary/aromatic N) is 4. The molecule has 0 aliphatic heterocycles. The Morgan fingerprint density at radius 2 is 1.96 bits per heavy atom. The Kier molecular flexibility index (Phi) is 4.03. The van der Waals surface area contributed by atoms with Gasteiger partial charge in [0.25, 0.3) is 0 Å². The van der Waals surface area contributed by atoms with Gasteiger partial charge in [0.05, 0.1) is 18.2 Å². The molecule has 0 saturated heterocycles. The van der Waals surface area contributed by atoms with Gasteiger partial charge in [-0.2, -0.15) is 18.2 Å². The SMILES string of the molecule is CNc1nc(=O)n(-c2ccnc(OC)c2)c2nc(C(F)(F)F)ccc12. The zero-order chi connectivity index (χ0) is 18.2. The molecule has 0 aromatic carbocycles. The first-order valence-electron chi connectivity index (χ1n) is 7.04. The third-order valence-corrected chi connectivity index (χ3v) is 3.45. The molecule has 0 saturated carbocycles. The van der Waals surface area contributed by atoms with Gasteiger partial charge in [-0.1, -0.05) is 0 Å². The average molecular weight is 351 g/mol. The summed E-state index contributed by atoms with van der Waals surface area (Å²) in [6.07, 6.45) is -3.28. The Morgan fingerprint density at radius 1 is 1.20 bits per heavy atom. The van der Waals surface area contributed by atoms with E-state index in [1.54, 1.807) is 0 Å². The van der Waals surface area contributed by atoms with Gasteiger partial charge in [0.15, 0.2) is 5.65 Å². The lowest BCUT2D eigenvalue weighted by molar-refractivity contribution is -0.141. The van der Waals surface area contributed by atoms with E-state index in [0.29, 0.717) is 0 Å². The molecule has 3 aromatic heterocycles. The molecule has 25 heavy (non-hydrogen) atoms. The molecule has 0 amide bonds. The van der Waals surface area contributed by atoms with Crippen LogP contribution in [0.4, 0.5) is 19.0 Å². The van der Waals surface area contributed by atoms with Crippen LogP contribution >= 0.6 is 0 Å². The lowest BCUT2D eigenvalue weighted by atomic mass is 10.2. The van der Waals surface area contributed by atoms with Crippen LogP contribution in [-0.2, 0) is 6.18 Å². The fourth-order valence-corrected chi connectivity index (χ4v) is 2.33. The maximum absolute atomic E-state index is 13.0. The third kappa shape index (κ3) is 2.97. The minimum atomic E-state index is -4.64. The number of halogens is 3. The first kappa shape index (κ1) is 16.7. The van der Waals surface area contributed by atoms with Crippen LogP contribution < -0.4 is 15.7 Å². The maximum Gasteiger partial charge on any atom is 0.433 e. The third-order valence-electron chi connectivity index (χ3n) is 3.45. The van der Waals surface area contributed by atoms with Gasteiger partial charge in [0.2, 0.25) is 5.88 Å². The number of pyridine rings is 2. The molecule has 0 bridgehead atoms. The molecule has 7 nitrogen and oxygen atoms in total. The van der Waals surface area contributed by atoms with Gasteiger partial charge in [-0.25, -0.2) is 19.3 Å². The monoisotopic (exact) mass is 351 g/mol. The summed E-state index contributed by atoms with van der Waals surface area (Å²) >= 11 is 0. The molecule has 3 rings (SSSR count). The smallest absolute Gasteiger partial charge is 0.433 e. The summed E-state index contributed by atoms with van der Waals surface area (Å²) in [6.45, 7) is 0. The van der Waals surface area contributed by atoms with Crippen molar-refractivity contribution in [2.75, 3.05) is 19.5 Å². The molecule has 0 spiro atoms. The van der Waals surface area contributed by atoms with Gasteiger partial charge in [0, 0.05) is 19.3 Å². The number of methoxy groups -OCH3 is 1. The minimum Gasteiger partial charge on any atom is -0.481 e. The molecule has 1 N–H and O–H groups in total. The van der Waals surface area contributed by atoms with Gasteiger partial charge in [-0.05, 0) is 18.2 Å². The van der Waals surface area contributed by atoms with Crippen molar-refractivity contribution in [3.63, 3.8) is 0 Å². The number of hydrogen-bond donors (Lipinski definition) is 1. The van der Waals surface area contributed by atoms with Gasteiger partial charge in [-0.15, -0.1) is 0 Å². The van der Waals surface area contributed by atoms with Crippen molar-refractivity contribution in [1.29, 1.82) is 0 Å². The van der Waals surface area contributed by atoms with Crippen molar-refractivity contribution >= 4 is 16.9 Å². The topological polar surface area (TPSA) is 81.9 Å². The normalized spacial score (nSPS) is 11.6. The van der Waals surface area contributed by atoms with Crippen LogP contribution in [0.3, 0.4) is 0 Å². The van der Waals surface area contributed by atoms with Crippen LogP contribution in [0.5, 0.6) is 5.88 Å². The molecule has 3 heterocycles. The molecule has 0 aliphatic rings. The fourth-order valence-electron chi connectivity index (χ4n) is 2.33. The number of fused-ring (bicyclic) bond motifs is 1. The Balaban J connectivity index is 2.40. The molecule has 3 aromatic rings. The Labute approximate surface area is 139 Å². The van der Waals surface area contributed by atoms with Crippen molar-refractivity contribution in [1.82, 2.24) is 19.5 Å². The number of ether oxygens (including phenoxy) is 1. The second kappa shape index (κ2) is 6.04. The second-order valence-electron chi connectivity index (χ2n) is 4.95. The zero-order valence-electron chi connectivity index (χ0n) is 13.1. The van der Waals surface area contributed by atoms with E-state index in [4.69, 9.17) is 4.74 Å². The highest BCUT2D eigenvalue weighted by Gasteiger charge is 2.33. The van der Waals surface area contributed by atoms with Crippen LogP contribution in [-0.4, -0.2) is 33.7 Å². The summed E-state index contributed by atoms with van der Waals surface area (Å²) in [4.78, 5) is 23.8. The van der Waals surface area contributed by atoms with E-state index in [-0.39, 0.29) is 28.4 Å². The predicted octanol–water partition coefficient (Wildman–Crippen LogP) is 2.24. The molecule has 0 fully saturated rings. The lowest BCUT2D eigenvalue weighted by Gasteiger charge is -2.14. The van der Waals surface area contributed by atoms with E-state index in [9.17, 15) is 18.0 Å². The molecule has 0 radical (unpaired) electrons. The molecule has 0 atom stereocenters. The van der Waals surface area contributed by atoms with Crippen LogP contribution in [0.2, 0.25) is 0 Å². The van der Waals surface area contributed by atoms with Crippen molar-refractivity contribution in [2.24, 2.45) is 0 Å². The van der Waals surface area contributed by atoms with Crippen molar-refractivity contribution < 1.29 is 17.9 Å². The molecular formula is C15H12F3N5O2. The van der Waals surface area contributed by atoms with Gasteiger partial charge in [0.1, 0.15) is 11.5 Å². The summed E-state index contributed by atoms with van der Waals surface area (Å²) in [5, 5.41) is 2.96. The van der Waals surface area contributed by atoms with Gasteiger partial charge in [-0.3, -0.25) is 0 Å². The van der Waals surface area contributed by atoms with Gasteiger partial charge >= 0.3 is 11.9 Å². The van der Waals surface area contributed by atoms with Crippen molar-refractivity contribution in [3.8, 4) is 11.6 Å². The predicted molar refractivity (Wildman–Crippen MR) is 84.0 cm³/mol. The first-order chi connectivity index (χ1) is 11.8. The van der Waals surface area contributed by atoms with Crippen LogP contribution in [0, 0.1) is 0 Å². The van der Waals surface area contributed by atoms with E-state index in [1.165, 1.54) is 38.6 Å². The second-order valence-corrected chi connectivity index (χ2v) is 4.95.